The molecule has 0 spiro atoms. The Kier molecular flexibility index (Phi) is 3.77. The van der Waals surface area contributed by atoms with Crippen molar-refractivity contribution in [2.45, 2.75) is 6.29 Å². The maximum atomic E-state index is 13.1. The predicted molar refractivity (Wildman–Crippen MR) is 48.7 cm³/mol. The molecule has 0 aliphatic carbocycles. The summed E-state index contributed by atoms with van der Waals surface area (Å²) in [6, 6.07) is 1.57. The van der Waals surface area contributed by atoms with E-state index in [0.717, 1.165) is 0 Å². The van der Waals surface area contributed by atoms with Crippen molar-refractivity contribution in [3.8, 4) is 0 Å². The van der Waals surface area contributed by atoms with Crippen LogP contribution < -0.4 is 0 Å². The number of hydrogen-bond donors (Lipinski definition) is 0. The van der Waals surface area contributed by atoms with Gasteiger partial charge in [-0.25, -0.2) is 4.98 Å². The highest BCUT2D eigenvalue weighted by atomic mass is 79.9. The molecular formula is C8H9BrFNO2. The Labute approximate surface area is 84.0 Å². The van der Waals surface area contributed by atoms with Gasteiger partial charge < -0.3 is 9.47 Å². The van der Waals surface area contributed by atoms with E-state index in [9.17, 15) is 4.39 Å². The molecular weight excluding hydrogens is 241 g/mol. The van der Waals surface area contributed by atoms with Crippen LogP contribution >= 0.6 is 15.9 Å². The van der Waals surface area contributed by atoms with Gasteiger partial charge in [0.2, 0.25) is 5.95 Å². The second kappa shape index (κ2) is 4.64. The average Bonchev–Trinajstić information content (AvgIpc) is 2.13. The number of rotatable bonds is 3. The van der Waals surface area contributed by atoms with E-state index in [-0.39, 0.29) is 5.56 Å². The summed E-state index contributed by atoms with van der Waals surface area (Å²) in [4.78, 5) is 3.52. The number of halogens is 2. The van der Waals surface area contributed by atoms with Crippen LogP contribution in [0.25, 0.3) is 0 Å². The maximum absolute atomic E-state index is 13.1. The molecule has 1 aromatic heterocycles. The number of ether oxygens (including phenoxy) is 2. The van der Waals surface area contributed by atoms with Crippen LogP contribution in [0.2, 0.25) is 0 Å². The van der Waals surface area contributed by atoms with Gasteiger partial charge in [-0.2, -0.15) is 4.39 Å². The van der Waals surface area contributed by atoms with E-state index in [4.69, 9.17) is 9.47 Å². The first-order valence-corrected chi connectivity index (χ1v) is 4.35. The highest BCUT2D eigenvalue weighted by Crippen LogP contribution is 2.22. The summed E-state index contributed by atoms with van der Waals surface area (Å²) in [6.45, 7) is 0. The molecule has 0 aromatic carbocycles. The summed E-state index contributed by atoms with van der Waals surface area (Å²) >= 11 is 3.18. The molecule has 1 heterocycles. The van der Waals surface area contributed by atoms with Gasteiger partial charge >= 0.3 is 0 Å². The quantitative estimate of drug-likeness (QED) is 0.609. The molecule has 0 fully saturated rings. The Morgan fingerprint density at radius 1 is 1.46 bits per heavy atom. The first-order chi connectivity index (χ1) is 6.19. The second-order valence-corrected chi connectivity index (χ2v) is 3.25. The summed E-state index contributed by atoms with van der Waals surface area (Å²) < 4.78 is 23.6. The Bertz CT molecular complexity index is 291. The fraction of sp³-hybridized carbons (Fsp3) is 0.375. The van der Waals surface area contributed by atoms with Gasteiger partial charge in [-0.1, -0.05) is 0 Å². The van der Waals surface area contributed by atoms with E-state index in [1.165, 1.54) is 20.4 Å². The van der Waals surface area contributed by atoms with Crippen LogP contribution in [0.3, 0.4) is 0 Å². The fourth-order valence-corrected chi connectivity index (χ4v) is 1.30. The lowest BCUT2D eigenvalue weighted by molar-refractivity contribution is -0.108. The van der Waals surface area contributed by atoms with Gasteiger partial charge in [0, 0.05) is 24.9 Å². The monoisotopic (exact) mass is 249 g/mol. The van der Waals surface area contributed by atoms with Gasteiger partial charge in [0.25, 0.3) is 0 Å². The van der Waals surface area contributed by atoms with Crippen molar-refractivity contribution < 1.29 is 13.9 Å². The van der Waals surface area contributed by atoms with Crippen LogP contribution in [0.5, 0.6) is 0 Å². The van der Waals surface area contributed by atoms with Crippen molar-refractivity contribution >= 4 is 15.9 Å². The molecule has 0 aliphatic rings. The maximum Gasteiger partial charge on any atom is 0.221 e. The highest BCUT2D eigenvalue weighted by molar-refractivity contribution is 9.10. The van der Waals surface area contributed by atoms with Crippen molar-refractivity contribution in [3.63, 3.8) is 0 Å². The lowest BCUT2D eigenvalue weighted by Crippen LogP contribution is -2.07. The molecule has 0 saturated carbocycles. The SMILES string of the molecule is COC(OC)c1cc(Br)cnc1F. The lowest BCUT2D eigenvalue weighted by atomic mass is 10.3. The molecule has 0 bridgehead atoms. The van der Waals surface area contributed by atoms with Crippen molar-refractivity contribution in [1.82, 2.24) is 4.98 Å². The summed E-state index contributed by atoms with van der Waals surface area (Å²) in [6.07, 6.45) is 0.659. The van der Waals surface area contributed by atoms with Gasteiger partial charge in [0.05, 0.1) is 5.56 Å². The van der Waals surface area contributed by atoms with Crippen molar-refractivity contribution in [2.75, 3.05) is 14.2 Å². The predicted octanol–water partition coefficient (Wildman–Crippen LogP) is 2.27. The van der Waals surface area contributed by atoms with Gasteiger partial charge in [0.15, 0.2) is 6.29 Å². The van der Waals surface area contributed by atoms with E-state index >= 15 is 0 Å². The topological polar surface area (TPSA) is 31.4 Å². The number of hydrogen-bond acceptors (Lipinski definition) is 3. The van der Waals surface area contributed by atoms with Crippen LogP contribution in [0.4, 0.5) is 4.39 Å². The number of methoxy groups -OCH3 is 2. The molecule has 0 amide bonds. The average molecular weight is 250 g/mol. The number of aromatic nitrogens is 1. The Hall–Kier alpha value is -0.520. The molecule has 0 saturated heterocycles. The van der Waals surface area contributed by atoms with Crippen LogP contribution in [0.15, 0.2) is 16.7 Å². The summed E-state index contributed by atoms with van der Waals surface area (Å²) in [5.41, 5.74) is 0.277. The highest BCUT2D eigenvalue weighted by Gasteiger charge is 2.15. The van der Waals surface area contributed by atoms with Crippen molar-refractivity contribution in [1.29, 1.82) is 0 Å². The second-order valence-electron chi connectivity index (χ2n) is 2.34. The molecule has 13 heavy (non-hydrogen) atoms. The molecule has 0 atom stereocenters. The third-order valence-electron chi connectivity index (χ3n) is 1.51. The third kappa shape index (κ3) is 2.46. The van der Waals surface area contributed by atoms with Crippen molar-refractivity contribution in [2.24, 2.45) is 0 Å². The molecule has 0 radical (unpaired) electrons. The zero-order chi connectivity index (χ0) is 9.84. The minimum absolute atomic E-state index is 0.277. The lowest BCUT2D eigenvalue weighted by Gasteiger charge is -2.13. The van der Waals surface area contributed by atoms with Crippen LogP contribution in [-0.4, -0.2) is 19.2 Å². The summed E-state index contributed by atoms with van der Waals surface area (Å²) in [7, 11) is 2.88. The molecule has 0 N–H and O–H groups in total. The largest absolute Gasteiger partial charge is 0.352 e. The van der Waals surface area contributed by atoms with Gasteiger partial charge in [-0.15, -0.1) is 0 Å². The Balaban J connectivity index is 3.03. The molecule has 5 heteroatoms. The Morgan fingerprint density at radius 3 is 2.62 bits per heavy atom. The third-order valence-corrected chi connectivity index (χ3v) is 1.95. The molecule has 0 aliphatic heterocycles. The normalized spacial score (nSPS) is 10.8. The Morgan fingerprint density at radius 2 is 2.08 bits per heavy atom. The molecule has 1 rings (SSSR count). The van der Waals surface area contributed by atoms with Crippen LogP contribution in [0, 0.1) is 5.95 Å². The summed E-state index contributed by atoms with van der Waals surface area (Å²) in [5, 5.41) is 0. The first kappa shape index (κ1) is 10.6. The molecule has 1 aromatic rings. The zero-order valence-electron chi connectivity index (χ0n) is 7.25. The van der Waals surface area contributed by atoms with E-state index in [0.29, 0.717) is 4.47 Å². The minimum Gasteiger partial charge on any atom is -0.352 e. The molecule has 72 valence electrons. The minimum atomic E-state index is -0.718. The van der Waals surface area contributed by atoms with Gasteiger partial charge in [-0.3, -0.25) is 0 Å². The van der Waals surface area contributed by atoms with Gasteiger partial charge in [-0.05, 0) is 22.0 Å². The zero-order valence-corrected chi connectivity index (χ0v) is 8.84. The smallest absolute Gasteiger partial charge is 0.221 e. The standard InChI is InChI=1S/C8H9BrFNO2/c1-12-8(13-2)6-3-5(9)4-11-7(6)10/h3-4,8H,1-2H3. The summed E-state index contributed by atoms with van der Waals surface area (Å²) in [5.74, 6) is -0.586. The first-order valence-electron chi connectivity index (χ1n) is 3.55. The van der Waals surface area contributed by atoms with E-state index in [1.807, 2.05) is 0 Å². The van der Waals surface area contributed by atoms with Crippen LogP contribution in [0.1, 0.15) is 11.9 Å². The van der Waals surface area contributed by atoms with Crippen LogP contribution in [-0.2, 0) is 9.47 Å². The fourth-order valence-electron chi connectivity index (χ4n) is 0.954. The van der Waals surface area contributed by atoms with Gasteiger partial charge in [0.1, 0.15) is 0 Å². The molecule has 3 nitrogen and oxygen atoms in total. The number of nitrogens with zero attached hydrogens (tertiary/aromatic N) is 1. The van der Waals surface area contributed by atoms with E-state index < -0.39 is 12.2 Å². The van der Waals surface area contributed by atoms with Crippen molar-refractivity contribution in [3.05, 3.63) is 28.2 Å². The van der Waals surface area contributed by atoms with E-state index in [2.05, 4.69) is 20.9 Å². The van der Waals surface area contributed by atoms with E-state index in [1.54, 1.807) is 6.07 Å². The molecule has 0 unspecified atom stereocenters. The number of pyridine rings is 1.